The van der Waals surface area contributed by atoms with Gasteiger partial charge in [-0.25, -0.2) is 0 Å². The zero-order chi connectivity index (χ0) is 18.5. The third-order valence-corrected chi connectivity index (χ3v) is 8.07. The van der Waals surface area contributed by atoms with Gasteiger partial charge in [0.25, 0.3) is 6.43 Å². The number of aliphatic hydroxyl groups is 1. The SMILES string of the molecule is C[C@]12CC[C@H]3[C@@H]([C@H](CO)CC4=CC(=O)CC[C@@H]43)[C@@H]1CC[C@H]2C#CC(F)F. The average Bonchev–Trinajstić information content (AvgIpc) is 2.95. The first-order chi connectivity index (χ1) is 12.4. The van der Waals surface area contributed by atoms with Crippen molar-refractivity contribution in [1.29, 1.82) is 0 Å². The molecule has 4 aliphatic rings. The molecule has 0 saturated heterocycles. The number of hydrogen-bond donors (Lipinski definition) is 1. The zero-order valence-corrected chi connectivity index (χ0v) is 15.4. The minimum absolute atomic E-state index is 0.0117. The fourth-order valence-corrected chi connectivity index (χ4v) is 6.97. The van der Waals surface area contributed by atoms with Crippen LogP contribution >= 0.6 is 0 Å². The molecule has 0 aromatic heterocycles. The van der Waals surface area contributed by atoms with Crippen molar-refractivity contribution >= 4 is 5.78 Å². The molecule has 4 heteroatoms. The van der Waals surface area contributed by atoms with E-state index in [0.29, 0.717) is 30.1 Å². The highest BCUT2D eigenvalue weighted by atomic mass is 19.3. The van der Waals surface area contributed by atoms with Crippen molar-refractivity contribution in [2.75, 3.05) is 6.61 Å². The number of fused-ring (bicyclic) bond motifs is 5. The van der Waals surface area contributed by atoms with Crippen molar-refractivity contribution in [1.82, 2.24) is 0 Å². The van der Waals surface area contributed by atoms with Gasteiger partial charge in [-0.1, -0.05) is 18.4 Å². The van der Waals surface area contributed by atoms with Gasteiger partial charge < -0.3 is 5.11 Å². The number of ketones is 1. The van der Waals surface area contributed by atoms with Crippen molar-refractivity contribution in [3.63, 3.8) is 0 Å². The Morgan fingerprint density at radius 3 is 2.85 bits per heavy atom. The summed E-state index contributed by atoms with van der Waals surface area (Å²) in [7, 11) is 0. The molecule has 0 bridgehead atoms. The van der Waals surface area contributed by atoms with Gasteiger partial charge in [-0.15, -0.1) is 0 Å². The topological polar surface area (TPSA) is 37.3 Å². The van der Waals surface area contributed by atoms with Gasteiger partial charge in [0.05, 0.1) is 0 Å². The molecule has 142 valence electrons. The molecule has 0 aromatic carbocycles. The molecule has 4 aliphatic carbocycles. The molecule has 0 aromatic rings. The van der Waals surface area contributed by atoms with E-state index >= 15 is 0 Å². The summed E-state index contributed by atoms with van der Waals surface area (Å²) in [6.45, 7) is 2.40. The second kappa shape index (κ2) is 6.75. The van der Waals surface area contributed by atoms with Gasteiger partial charge in [0.1, 0.15) is 0 Å². The van der Waals surface area contributed by atoms with E-state index in [1.807, 2.05) is 6.08 Å². The maximum atomic E-state index is 12.6. The molecule has 1 N–H and O–H groups in total. The Kier molecular flexibility index (Phi) is 4.72. The van der Waals surface area contributed by atoms with Crippen LogP contribution in [0, 0.1) is 52.8 Å². The molecule has 4 rings (SSSR count). The molecule has 0 heterocycles. The summed E-state index contributed by atoms with van der Waals surface area (Å²) in [6, 6.07) is 0. The normalized spacial score (nSPS) is 44.5. The van der Waals surface area contributed by atoms with Crippen molar-refractivity contribution in [2.45, 2.75) is 58.3 Å². The fraction of sp³-hybridized carbons (Fsp3) is 0.773. The van der Waals surface area contributed by atoms with Crippen LogP contribution in [0.1, 0.15) is 51.9 Å². The number of carbonyl (C=O) groups is 1. The molecule has 26 heavy (non-hydrogen) atoms. The van der Waals surface area contributed by atoms with Crippen molar-refractivity contribution in [3.05, 3.63) is 11.6 Å². The first-order valence-corrected chi connectivity index (χ1v) is 10.1. The second-order valence-electron chi connectivity index (χ2n) is 9.09. The Morgan fingerprint density at radius 1 is 1.31 bits per heavy atom. The van der Waals surface area contributed by atoms with Gasteiger partial charge >= 0.3 is 0 Å². The van der Waals surface area contributed by atoms with E-state index < -0.39 is 6.43 Å². The second-order valence-corrected chi connectivity index (χ2v) is 9.09. The Labute approximate surface area is 154 Å². The van der Waals surface area contributed by atoms with Crippen LogP contribution in [-0.2, 0) is 4.79 Å². The molecule has 0 aliphatic heterocycles. The number of rotatable bonds is 1. The summed E-state index contributed by atoms with van der Waals surface area (Å²) in [5, 5.41) is 10.1. The van der Waals surface area contributed by atoms with Gasteiger partial charge in [-0.05, 0) is 85.5 Å². The Bertz CT molecular complexity index is 673. The van der Waals surface area contributed by atoms with E-state index in [-0.39, 0.29) is 29.6 Å². The molecule has 0 unspecified atom stereocenters. The predicted molar refractivity (Wildman–Crippen MR) is 95.3 cm³/mol. The van der Waals surface area contributed by atoms with Crippen LogP contribution in [0.4, 0.5) is 8.78 Å². The van der Waals surface area contributed by atoms with Crippen LogP contribution in [-0.4, -0.2) is 23.9 Å². The van der Waals surface area contributed by atoms with Gasteiger partial charge in [-0.3, -0.25) is 4.79 Å². The number of allylic oxidation sites excluding steroid dienone is 1. The third kappa shape index (κ3) is 2.83. The van der Waals surface area contributed by atoms with E-state index in [2.05, 4.69) is 18.8 Å². The molecule has 2 nitrogen and oxygen atoms in total. The van der Waals surface area contributed by atoms with Crippen LogP contribution in [0.5, 0.6) is 0 Å². The van der Waals surface area contributed by atoms with Crippen LogP contribution in [0.2, 0.25) is 0 Å². The van der Waals surface area contributed by atoms with Gasteiger partial charge in [-0.2, -0.15) is 8.78 Å². The molecule has 7 atom stereocenters. The van der Waals surface area contributed by atoms with Crippen LogP contribution in [0.25, 0.3) is 0 Å². The molecular formula is C22H28F2O2. The van der Waals surface area contributed by atoms with E-state index in [1.54, 1.807) is 0 Å². The highest BCUT2D eigenvalue weighted by Gasteiger charge is 2.58. The van der Waals surface area contributed by atoms with E-state index in [1.165, 1.54) is 5.57 Å². The molecule has 3 saturated carbocycles. The summed E-state index contributed by atoms with van der Waals surface area (Å²) in [4.78, 5) is 11.9. The first kappa shape index (κ1) is 18.2. The van der Waals surface area contributed by atoms with Gasteiger partial charge in [0, 0.05) is 18.9 Å². The minimum Gasteiger partial charge on any atom is -0.396 e. The van der Waals surface area contributed by atoms with Crippen LogP contribution in [0.15, 0.2) is 11.6 Å². The number of carbonyl (C=O) groups excluding carboxylic acids is 1. The lowest BCUT2D eigenvalue weighted by Crippen LogP contribution is -2.50. The fourth-order valence-electron chi connectivity index (χ4n) is 6.97. The van der Waals surface area contributed by atoms with Crippen LogP contribution in [0.3, 0.4) is 0 Å². The van der Waals surface area contributed by atoms with E-state index in [0.717, 1.165) is 38.5 Å². The quantitative estimate of drug-likeness (QED) is 0.709. The van der Waals surface area contributed by atoms with Crippen molar-refractivity contribution < 1.29 is 18.7 Å². The lowest BCUT2D eigenvalue weighted by molar-refractivity contribution is -0.116. The number of halogens is 2. The number of alkyl halides is 2. The van der Waals surface area contributed by atoms with Crippen molar-refractivity contribution in [3.8, 4) is 11.8 Å². The molecule has 0 amide bonds. The highest BCUT2D eigenvalue weighted by molar-refractivity contribution is 5.91. The number of aliphatic hydroxyl groups excluding tert-OH is 1. The van der Waals surface area contributed by atoms with Gasteiger partial charge in [0.15, 0.2) is 5.78 Å². The van der Waals surface area contributed by atoms with Crippen molar-refractivity contribution in [2.24, 2.45) is 40.9 Å². The Morgan fingerprint density at radius 2 is 2.12 bits per heavy atom. The Hall–Kier alpha value is -1.21. The minimum atomic E-state index is -2.55. The first-order valence-electron chi connectivity index (χ1n) is 10.1. The third-order valence-electron chi connectivity index (χ3n) is 8.07. The summed E-state index contributed by atoms with van der Waals surface area (Å²) in [5.41, 5.74) is 1.25. The molecule has 0 radical (unpaired) electrons. The standard InChI is InChI=1S/C22H28F2O2/c1-22-9-8-18-17-5-4-16(26)11-13(17)10-14(12-25)21(18)19(22)6-2-15(22)3-7-20(23)24/h11,14-15,17-21,25H,2,4-6,8-10,12H2,1H3/t14-,15-,17-,18+,19-,21+,22+/m0/s1. The monoisotopic (exact) mass is 362 g/mol. The van der Waals surface area contributed by atoms with E-state index in [9.17, 15) is 18.7 Å². The molecular weight excluding hydrogens is 334 g/mol. The lowest BCUT2D eigenvalue weighted by Gasteiger charge is -2.56. The van der Waals surface area contributed by atoms with Gasteiger partial charge in [0.2, 0.25) is 0 Å². The molecule has 3 fully saturated rings. The number of hydrogen-bond acceptors (Lipinski definition) is 2. The summed E-state index contributed by atoms with van der Waals surface area (Å²) in [6.07, 6.45) is 5.74. The largest absolute Gasteiger partial charge is 0.396 e. The summed E-state index contributed by atoms with van der Waals surface area (Å²) < 4.78 is 25.2. The maximum absolute atomic E-state index is 12.6. The average molecular weight is 362 g/mol. The Balaban J connectivity index is 1.64. The zero-order valence-electron chi connectivity index (χ0n) is 15.4. The summed E-state index contributed by atoms with van der Waals surface area (Å²) in [5.74, 6) is 7.38. The smallest absolute Gasteiger partial charge is 0.298 e. The maximum Gasteiger partial charge on any atom is 0.298 e. The predicted octanol–water partition coefficient (Wildman–Crippen LogP) is 4.23. The van der Waals surface area contributed by atoms with E-state index in [4.69, 9.17) is 0 Å². The summed E-state index contributed by atoms with van der Waals surface area (Å²) >= 11 is 0. The highest BCUT2D eigenvalue weighted by Crippen LogP contribution is 2.64. The molecule has 0 spiro atoms. The van der Waals surface area contributed by atoms with Crippen LogP contribution < -0.4 is 0 Å². The lowest BCUT2D eigenvalue weighted by atomic mass is 9.49.